The van der Waals surface area contributed by atoms with Gasteiger partial charge in [0.1, 0.15) is 0 Å². The Morgan fingerprint density at radius 1 is 1.36 bits per heavy atom. The van der Waals surface area contributed by atoms with Gasteiger partial charge in [0.15, 0.2) is 11.5 Å². The van der Waals surface area contributed by atoms with E-state index in [4.69, 9.17) is 14.6 Å². The SMILES string of the molecule is CCCOc1ccc(C=CC(=O)N2CCCC(C(=O)O)C2)cc1OC. The number of methoxy groups -OCH3 is 1. The van der Waals surface area contributed by atoms with Crippen LogP contribution in [0.15, 0.2) is 24.3 Å². The molecule has 1 unspecified atom stereocenters. The molecule has 1 aliphatic heterocycles. The first-order chi connectivity index (χ1) is 12.0. The summed E-state index contributed by atoms with van der Waals surface area (Å²) in [7, 11) is 1.58. The average Bonchev–Trinajstić information content (AvgIpc) is 2.64. The number of aliphatic carboxylic acids is 1. The van der Waals surface area contributed by atoms with Crippen LogP contribution in [0.2, 0.25) is 0 Å². The lowest BCUT2D eigenvalue weighted by Gasteiger charge is -2.29. The molecule has 1 fully saturated rings. The van der Waals surface area contributed by atoms with Crippen LogP contribution in [0.4, 0.5) is 0 Å². The normalized spacial score (nSPS) is 17.5. The van der Waals surface area contributed by atoms with Crippen LogP contribution < -0.4 is 9.47 Å². The number of carbonyl (C=O) groups excluding carboxylic acids is 1. The van der Waals surface area contributed by atoms with Gasteiger partial charge in [-0.2, -0.15) is 0 Å². The van der Waals surface area contributed by atoms with Gasteiger partial charge in [0.25, 0.3) is 0 Å². The Balaban J connectivity index is 2.02. The van der Waals surface area contributed by atoms with Gasteiger partial charge in [-0.25, -0.2) is 0 Å². The Hall–Kier alpha value is -2.50. The second-order valence-corrected chi connectivity index (χ2v) is 6.05. The molecule has 1 aromatic rings. The molecule has 0 aliphatic carbocycles. The number of hydrogen-bond donors (Lipinski definition) is 1. The number of amides is 1. The van der Waals surface area contributed by atoms with Crippen LogP contribution in [0.1, 0.15) is 31.7 Å². The van der Waals surface area contributed by atoms with E-state index in [9.17, 15) is 9.59 Å². The summed E-state index contributed by atoms with van der Waals surface area (Å²) in [5, 5.41) is 9.11. The summed E-state index contributed by atoms with van der Waals surface area (Å²) in [5.74, 6) is -0.188. The highest BCUT2D eigenvalue weighted by molar-refractivity contribution is 5.92. The summed E-state index contributed by atoms with van der Waals surface area (Å²) in [4.78, 5) is 25.0. The van der Waals surface area contributed by atoms with E-state index < -0.39 is 11.9 Å². The molecule has 25 heavy (non-hydrogen) atoms. The minimum Gasteiger partial charge on any atom is -0.493 e. The molecule has 1 amide bonds. The standard InChI is InChI=1S/C19H25NO5/c1-3-11-25-16-8-6-14(12-17(16)24-2)7-9-18(21)20-10-4-5-15(13-20)19(22)23/h6-9,12,15H,3-5,10-11,13H2,1-2H3,(H,22,23). The monoisotopic (exact) mass is 347 g/mol. The van der Waals surface area contributed by atoms with Crippen molar-refractivity contribution in [3.05, 3.63) is 29.8 Å². The largest absolute Gasteiger partial charge is 0.493 e. The van der Waals surface area contributed by atoms with Gasteiger partial charge in [0, 0.05) is 19.2 Å². The number of likely N-dealkylation sites (tertiary alicyclic amines) is 1. The molecule has 1 saturated heterocycles. The molecule has 136 valence electrons. The molecule has 1 atom stereocenters. The smallest absolute Gasteiger partial charge is 0.308 e. The van der Waals surface area contributed by atoms with Crippen molar-refractivity contribution in [2.24, 2.45) is 5.92 Å². The minimum atomic E-state index is -0.839. The zero-order valence-electron chi connectivity index (χ0n) is 14.7. The number of nitrogens with zero attached hydrogens (tertiary/aromatic N) is 1. The third kappa shape index (κ3) is 5.24. The van der Waals surface area contributed by atoms with Crippen LogP contribution in [-0.2, 0) is 9.59 Å². The number of carbonyl (C=O) groups is 2. The molecule has 2 rings (SSSR count). The number of ether oxygens (including phenoxy) is 2. The van der Waals surface area contributed by atoms with Crippen LogP contribution in [0, 0.1) is 5.92 Å². The quantitative estimate of drug-likeness (QED) is 0.768. The molecule has 0 bridgehead atoms. The van der Waals surface area contributed by atoms with Crippen LogP contribution in [-0.4, -0.2) is 48.7 Å². The summed E-state index contributed by atoms with van der Waals surface area (Å²) < 4.78 is 10.9. The third-order valence-electron chi connectivity index (χ3n) is 4.15. The van der Waals surface area contributed by atoms with E-state index in [2.05, 4.69) is 0 Å². The van der Waals surface area contributed by atoms with Crippen molar-refractivity contribution in [2.75, 3.05) is 26.8 Å². The predicted molar refractivity (Wildman–Crippen MR) is 94.8 cm³/mol. The molecule has 1 heterocycles. The molecule has 0 saturated carbocycles. The van der Waals surface area contributed by atoms with Gasteiger partial charge in [0.2, 0.25) is 5.91 Å². The Morgan fingerprint density at radius 2 is 2.16 bits per heavy atom. The summed E-state index contributed by atoms with van der Waals surface area (Å²) in [5.41, 5.74) is 0.820. The number of carboxylic acid groups (broad SMARTS) is 1. The minimum absolute atomic E-state index is 0.170. The van der Waals surface area contributed by atoms with Crippen molar-refractivity contribution < 1.29 is 24.2 Å². The maximum absolute atomic E-state index is 12.3. The fourth-order valence-electron chi connectivity index (χ4n) is 2.77. The number of benzene rings is 1. The van der Waals surface area contributed by atoms with E-state index in [0.29, 0.717) is 37.5 Å². The Kier molecular flexibility index (Phi) is 6.86. The van der Waals surface area contributed by atoms with E-state index >= 15 is 0 Å². The second-order valence-electron chi connectivity index (χ2n) is 6.05. The van der Waals surface area contributed by atoms with Crippen LogP contribution >= 0.6 is 0 Å². The summed E-state index contributed by atoms with van der Waals surface area (Å²) in [6, 6.07) is 5.48. The van der Waals surface area contributed by atoms with Gasteiger partial charge >= 0.3 is 5.97 Å². The fraction of sp³-hybridized carbons (Fsp3) is 0.474. The van der Waals surface area contributed by atoms with Crippen molar-refractivity contribution >= 4 is 18.0 Å². The molecule has 0 radical (unpaired) electrons. The molecule has 1 N–H and O–H groups in total. The Morgan fingerprint density at radius 3 is 2.84 bits per heavy atom. The van der Waals surface area contributed by atoms with Crippen molar-refractivity contribution in [3.63, 3.8) is 0 Å². The molecular formula is C19H25NO5. The van der Waals surface area contributed by atoms with Gasteiger partial charge in [-0.1, -0.05) is 13.0 Å². The van der Waals surface area contributed by atoms with Crippen molar-refractivity contribution in [1.82, 2.24) is 4.90 Å². The first-order valence-corrected chi connectivity index (χ1v) is 8.55. The molecule has 6 nitrogen and oxygen atoms in total. The first kappa shape index (κ1) is 18.8. The second kappa shape index (κ2) is 9.11. The van der Waals surface area contributed by atoms with Crippen molar-refractivity contribution in [3.8, 4) is 11.5 Å². The molecule has 1 aromatic carbocycles. The highest BCUT2D eigenvalue weighted by atomic mass is 16.5. The van der Waals surface area contributed by atoms with E-state index in [1.165, 1.54) is 6.08 Å². The zero-order valence-corrected chi connectivity index (χ0v) is 14.7. The summed E-state index contributed by atoms with van der Waals surface area (Å²) >= 11 is 0. The molecule has 0 aromatic heterocycles. The lowest BCUT2D eigenvalue weighted by atomic mass is 9.98. The Labute approximate surface area is 148 Å². The Bertz CT molecular complexity index is 641. The fourth-order valence-corrected chi connectivity index (χ4v) is 2.77. The van der Waals surface area contributed by atoms with Gasteiger partial charge in [-0.05, 0) is 43.0 Å². The highest BCUT2D eigenvalue weighted by Crippen LogP contribution is 2.28. The van der Waals surface area contributed by atoms with Gasteiger partial charge in [-0.15, -0.1) is 0 Å². The molecule has 1 aliphatic rings. The van der Waals surface area contributed by atoms with E-state index in [-0.39, 0.29) is 12.5 Å². The van der Waals surface area contributed by atoms with Crippen LogP contribution in [0.25, 0.3) is 6.08 Å². The maximum atomic E-state index is 12.3. The maximum Gasteiger partial charge on any atom is 0.308 e. The summed E-state index contributed by atoms with van der Waals surface area (Å²) in [6.45, 7) is 3.51. The van der Waals surface area contributed by atoms with Crippen LogP contribution in [0.5, 0.6) is 11.5 Å². The van der Waals surface area contributed by atoms with E-state index in [1.807, 2.05) is 25.1 Å². The lowest BCUT2D eigenvalue weighted by Crippen LogP contribution is -2.41. The topological polar surface area (TPSA) is 76.1 Å². The molecular weight excluding hydrogens is 322 g/mol. The number of carboxylic acids is 1. The first-order valence-electron chi connectivity index (χ1n) is 8.55. The van der Waals surface area contributed by atoms with Gasteiger partial charge in [0.05, 0.1) is 19.6 Å². The molecule has 6 heteroatoms. The number of piperidine rings is 1. The lowest BCUT2D eigenvalue weighted by molar-refractivity contribution is -0.144. The highest BCUT2D eigenvalue weighted by Gasteiger charge is 2.27. The van der Waals surface area contributed by atoms with E-state index in [0.717, 1.165) is 12.0 Å². The van der Waals surface area contributed by atoms with Gasteiger partial charge < -0.3 is 19.5 Å². The average molecular weight is 347 g/mol. The molecule has 0 spiro atoms. The van der Waals surface area contributed by atoms with Gasteiger partial charge in [-0.3, -0.25) is 9.59 Å². The van der Waals surface area contributed by atoms with Crippen molar-refractivity contribution in [1.29, 1.82) is 0 Å². The third-order valence-corrected chi connectivity index (χ3v) is 4.15. The van der Waals surface area contributed by atoms with E-state index in [1.54, 1.807) is 18.1 Å². The van der Waals surface area contributed by atoms with Crippen LogP contribution in [0.3, 0.4) is 0 Å². The number of rotatable bonds is 7. The number of hydrogen-bond acceptors (Lipinski definition) is 4. The van der Waals surface area contributed by atoms with Crippen molar-refractivity contribution in [2.45, 2.75) is 26.2 Å². The summed E-state index contributed by atoms with van der Waals surface area (Å²) in [6.07, 6.45) is 5.43. The predicted octanol–water partition coefficient (Wildman–Crippen LogP) is 2.82. The zero-order chi connectivity index (χ0) is 18.2.